The lowest BCUT2D eigenvalue weighted by molar-refractivity contribution is 0.165. The molecule has 88 valence electrons. The van der Waals surface area contributed by atoms with E-state index in [9.17, 15) is 4.39 Å². The second-order valence-electron chi connectivity index (χ2n) is 4.08. The SMILES string of the molecule is CCNC1CC(C)Oc2c(Br)cc(F)cc21. The van der Waals surface area contributed by atoms with Gasteiger partial charge in [0, 0.05) is 18.0 Å². The van der Waals surface area contributed by atoms with E-state index in [-0.39, 0.29) is 18.0 Å². The molecule has 0 fully saturated rings. The lowest BCUT2D eigenvalue weighted by atomic mass is 9.97. The molecule has 1 aromatic rings. The zero-order valence-electron chi connectivity index (χ0n) is 9.39. The molecule has 4 heteroatoms. The average Bonchev–Trinajstić information content (AvgIpc) is 2.20. The lowest BCUT2D eigenvalue weighted by Gasteiger charge is -2.31. The second-order valence-corrected chi connectivity index (χ2v) is 4.93. The number of fused-ring (bicyclic) bond motifs is 1. The Hall–Kier alpha value is -0.610. The maximum atomic E-state index is 13.4. The summed E-state index contributed by atoms with van der Waals surface area (Å²) in [7, 11) is 0. The van der Waals surface area contributed by atoms with E-state index in [1.807, 2.05) is 13.8 Å². The molecule has 16 heavy (non-hydrogen) atoms. The first-order valence-corrected chi connectivity index (χ1v) is 6.30. The van der Waals surface area contributed by atoms with Gasteiger partial charge in [-0.05, 0) is 41.5 Å². The van der Waals surface area contributed by atoms with Gasteiger partial charge in [0.05, 0.1) is 10.6 Å². The van der Waals surface area contributed by atoms with Crippen LogP contribution < -0.4 is 10.1 Å². The van der Waals surface area contributed by atoms with Crippen molar-refractivity contribution >= 4 is 15.9 Å². The third-order valence-corrected chi connectivity index (χ3v) is 3.34. The monoisotopic (exact) mass is 287 g/mol. The van der Waals surface area contributed by atoms with Gasteiger partial charge in [0.25, 0.3) is 0 Å². The van der Waals surface area contributed by atoms with Gasteiger partial charge in [-0.15, -0.1) is 0 Å². The van der Waals surface area contributed by atoms with Crippen LogP contribution in [0.3, 0.4) is 0 Å². The number of nitrogens with one attached hydrogen (secondary N) is 1. The maximum Gasteiger partial charge on any atom is 0.138 e. The smallest absolute Gasteiger partial charge is 0.138 e. The van der Waals surface area contributed by atoms with Crippen LogP contribution in [0.4, 0.5) is 4.39 Å². The summed E-state index contributed by atoms with van der Waals surface area (Å²) in [5, 5.41) is 3.36. The van der Waals surface area contributed by atoms with Crippen LogP contribution in [0.1, 0.15) is 31.9 Å². The third-order valence-electron chi connectivity index (χ3n) is 2.75. The maximum absolute atomic E-state index is 13.4. The fourth-order valence-electron chi connectivity index (χ4n) is 2.11. The summed E-state index contributed by atoms with van der Waals surface area (Å²) in [5.74, 6) is 0.540. The Morgan fingerprint density at radius 1 is 1.56 bits per heavy atom. The Kier molecular flexibility index (Phi) is 3.50. The quantitative estimate of drug-likeness (QED) is 0.900. The van der Waals surface area contributed by atoms with Gasteiger partial charge in [0.1, 0.15) is 11.6 Å². The summed E-state index contributed by atoms with van der Waals surface area (Å²) in [6.07, 6.45) is 1.02. The molecule has 1 aromatic carbocycles. The molecule has 2 atom stereocenters. The molecule has 2 rings (SSSR count). The highest BCUT2D eigenvalue weighted by molar-refractivity contribution is 9.10. The van der Waals surface area contributed by atoms with Crippen LogP contribution in [0.25, 0.3) is 0 Å². The van der Waals surface area contributed by atoms with Gasteiger partial charge in [-0.1, -0.05) is 6.92 Å². The molecule has 1 aliphatic rings. The van der Waals surface area contributed by atoms with Crippen LogP contribution in [-0.2, 0) is 0 Å². The molecule has 0 radical (unpaired) electrons. The summed E-state index contributed by atoms with van der Waals surface area (Å²) in [6.45, 7) is 4.95. The van der Waals surface area contributed by atoms with Crippen LogP contribution in [0.5, 0.6) is 5.75 Å². The van der Waals surface area contributed by atoms with Crippen molar-refractivity contribution < 1.29 is 9.13 Å². The van der Waals surface area contributed by atoms with Crippen molar-refractivity contribution in [2.75, 3.05) is 6.54 Å². The van der Waals surface area contributed by atoms with Gasteiger partial charge < -0.3 is 10.1 Å². The van der Waals surface area contributed by atoms with E-state index in [1.165, 1.54) is 6.07 Å². The van der Waals surface area contributed by atoms with Gasteiger partial charge in [0.2, 0.25) is 0 Å². The Morgan fingerprint density at radius 3 is 3.00 bits per heavy atom. The zero-order chi connectivity index (χ0) is 11.7. The van der Waals surface area contributed by atoms with Crippen LogP contribution in [-0.4, -0.2) is 12.6 Å². The Labute approximate surface area is 103 Å². The average molecular weight is 288 g/mol. The fourth-order valence-corrected chi connectivity index (χ4v) is 2.65. The predicted octanol–water partition coefficient (Wildman–Crippen LogP) is 3.41. The molecule has 0 spiro atoms. The Bertz CT molecular complexity index is 397. The van der Waals surface area contributed by atoms with Gasteiger partial charge in [-0.3, -0.25) is 0 Å². The van der Waals surface area contributed by atoms with E-state index < -0.39 is 0 Å². The highest BCUT2D eigenvalue weighted by Gasteiger charge is 2.27. The van der Waals surface area contributed by atoms with Crippen molar-refractivity contribution in [1.29, 1.82) is 0 Å². The molecular weight excluding hydrogens is 273 g/mol. The van der Waals surface area contributed by atoms with Crippen molar-refractivity contribution in [3.05, 3.63) is 28.0 Å². The number of halogens is 2. The minimum atomic E-state index is -0.230. The van der Waals surface area contributed by atoms with Gasteiger partial charge in [-0.25, -0.2) is 4.39 Å². The van der Waals surface area contributed by atoms with E-state index in [2.05, 4.69) is 21.2 Å². The van der Waals surface area contributed by atoms with E-state index in [1.54, 1.807) is 6.07 Å². The zero-order valence-corrected chi connectivity index (χ0v) is 11.0. The largest absolute Gasteiger partial charge is 0.489 e. The highest BCUT2D eigenvalue weighted by atomic mass is 79.9. The van der Waals surface area contributed by atoms with Crippen LogP contribution in [0.15, 0.2) is 16.6 Å². The standard InChI is InChI=1S/C12H15BrFNO/c1-3-15-11-4-7(2)16-12-9(11)5-8(14)6-10(12)13/h5-7,11,15H,3-4H2,1-2H3. The molecule has 1 aliphatic heterocycles. The first-order valence-electron chi connectivity index (χ1n) is 5.50. The van der Waals surface area contributed by atoms with Crippen molar-refractivity contribution in [3.8, 4) is 5.75 Å². The predicted molar refractivity (Wildman–Crippen MR) is 65.2 cm³/mol. The molecule has 0 aliphatic carbocycles. The summed E-state index contributed by atoms with van der Waals surface area (Å²) in [5.41, 5.74) is 0.909. The molecule has 0 amide bonds. The number of hydrogen-bond acceptors (Lipinski definition) is 2. The number of benzene rings is 1. The molecule has 2 nitrogen and oxygen atoms in total. The van der Waals surface area contributed by atoms with Gasteiger partial charge >= 0.3 is 0 Å². The van der Waals surface area contributed by atoms with Gasteiger partial charge in [0.15, 0.2) is 0 Å². The molecule has 0 saturated heterocycles. The fraction of sp³-hybridized carbons (Fsp3) is 0.500. The normalized spacial score (nSPS) is 23.8. The van der Waals surface area contributed by atoms with Crippen molar-refractivity contribution in [2.45, 2.75) is 32.4 Å². The van der Waals surface area contributed by atoms with Gasteiger partial charge in [-0.2, -0.15) is 0 Å². The van der Waals surface area contributed by atoms with Crippen LogP contribution in [0, 0.1) is 5.82 Å². The molecule has 0 saturated carbocycles. The summed E-state index contributed by atoms with van der Waals surface area (Å²) >= 11 is 3.35. The Balaban J connectivity index is 2.43. The van der Waals surface area contributed by atoms with E-state index >= 15 is 0 Å². The van der Waals surface area contributed by atoms with E-state index in [4.69, 9.17) is 4.74 Å². The van der Waals surface area contributed by atoms with Crippen molar-refractivity contribution in [3.63, 3.8) is 0 Å². The molecule has 0 bridgehead atoms. The van der Waals surface area contributed by atoms with Crippen LogP contribution >= 0.6 is 15.9 Å². The van der Waals surface area contributed by atoms with Crippen molar-refractivity contribution in [1.82, 2.24) is 5.32 Å². The summed E-state index contributed by atoms with van der Waals surface area (Å²) in [6, 6.07) is 3.18. The van der Waals surface area contributed by atoms with E-state index in [0.717, 1.165) is 24.3 Å². The molecule has 2 unspecified atom stereocenters. The number of hydrogen-bond donors (Lipinski definition) is 1. The summed E-state index contributed by atoms with van der Waals surface area (Å²) < 4.78 is 19.8. The minimum Gasteiger partial charge on any atom is -0.489 e. The topological polar surface area (TPSA) is 21.3 Å². The van der Waals surface area contributed by atoms with E-state index in [0.29, 0.717) is 4.47 Å². The third kappa shape index (κ3) is 2.23. The molecule has 1 heterocycles. The minimum absolute atomic E-state index is 0.151. The highest BCUT2D eigenvalue weighted by Crippen LogP contribution is 2.40. The van der Waals surface area contributed by atoms with Crippen molar-refractivity contribution in [2.24, 2.45) is 0 Å². The lowest BCUT2D eigenvalue weighted by Crippen LogP contribution is -2.31. The molecule has 1 N–H and O–H groups in total. The molecular formula is C12H15BrFNO. The number of rotatable bonds is 2. The first kappa shape index (κ1) is 11.9. The first-order chi connectivity index (χ1) is 7.61. The second kappa shape index (κ2) is 4.72. The molecule has 0 aromatic heterocycles. The van der Waals surface area contributed by atoms with Crippen LogP contribution in [0.2, 0.25) is 0 Å². The number of ether oxygens (including phenoxy) is 1. The Morgan fingerprint density at radius 2 is 2.31 bits per heavy atom. The summed E-state index contributed by atoms with van der Waals surface area (Å²) in [4.78, 5) is 0.